The van der Waals surface area contributed by atoms with Crippen LogP contribution >= 0.6 is 23.5 Å². The van der Waals surface area contributed by atoms with Crippen LogP contribution in [0.15, 0.2) is 63.3 Å². The number of aliphatic imine (C=N–C) groups is 1. The minimum atomic E-state index is -2.09. The average Bonchev–Trinajstić information content (AvgIpc) is 3.26. The van der Waals surface area contributed by atoms with Crippen LogP contribution in [0.2, 0.25) is 0 Å². The zero-order valence-electron chi connectivity index (χ0n) is 41.4. The Labute approximate surface area is 417 Å². The van der Waals surface area contributed by atoms with Gasteiger partial charge in [-0.25, -0.2) is 4.79 Å². The summed E-state index contributed by atoms with van der Waals surface area (Å²) in [6.07, 6.45) is 2.11. The molecule has 0 aromatic heterocycles. The number of para-hydroxylation sites is 1. The maximum absolute atomic E-state index is 14.1. The predicted octanol–water partition coefficient (Wildman–Crippen LogP) is 2.94. The Kier molecular flexibility index (Phi) is 19.4. The summed E-state index contributed by atoms with van der Waals surface area (Å²) in [5.41, 5.74) is 8.62. The molecular formula is C47H69N11O10S2. The summed E-state index contributed by atoms with van der Waals surface area (Å²) in [6.45, 7) is 14.0. The number of piperidine rings is 2. The maximum atomic E-state index is 14.1. The fraction of sp³-hybridized carbons (Fsp3) is 0.574. The second-order valence-electron chi connectivity index (χ2n) is 20.2. The molecule has 2 fully saturated rings. The Morgan fingerprint density at radius 1 is 0.800 bits per heavy atom. The molecule has 21 nitrogen and oxygen atoms in total. The van der Waals surface area contributed by atoms with E-state index in [-0.39, 0.29) is 72.0 Å². The molecule has 0 spiro atoms. The summed E-state index contributed by atoms with van der Waals surface area (Å²) in [5.74, 6) is -6.00. The van der Waals surface area contributed by atoms with Crippen LogP contribution in [-0.4, -0.2) is 145 Å². The number of benzene rings is 2. The van der Waals surface area contributed by atoms with Crippen LogP contribution in [0.3, 0.4) is 0 Å². The number of amides is 6. The van der Waals surface area contributed by atoms with Gasteiger partial charge in [-0.1, -0.05) is 24.3 Å². The number of likely N-dealkylation sites (N-methyl/N-ethyl adjacent to an activating group) is 1. The molecule has 2 atom stereocenters. The average molecular weight is 1010 g/mol. The Hall–Kier alpha value is -5.78. The summed E-state index contributed by atoms with van der Waals surface area (Å²) in [4.78, 5) is 112. The van der Waals surface area contributed by atoms with Gasteiger partial charge in [0.2, 0.25) is 40.7 Å². The molecule has 0 aliphatic carbocycles. The van der Waals surface area contributed by atoms with Crippen molar-refractivity contribution in [3.8, 4) is 0 Å². The Balaban J connectivity index is 1.37. The standard InChI is InChI=1S/C47H69N11O10S2/c1-44(2)21-28(22-45(3,4)57(44)67)52-36(60)26-69-33-18-12-10-15-30(33)41(64)56(9)32(17-14-20-50-43(48)49)39(62)51-25-35(59)55-38(42(65)66)40(63)54-31-16-11-13-19-34(31)70-27-37(61)53-29-23-46(5,6)58(68)47(7,8)24-29/h10-13,15-16,18-19,28-29,32,38H,14,17,20-27H2,1-9H3,(H,51,62)(H,52,60)(H,53,61)(H,54,63)(H,55,59)(H,65,66)(H4,48,49,50). The summed E-state index contributed by atoms with van der Waals surface area (Å²) in [7, 11) is 1.40. The number of nitrogens with two attached hydrogens (primary N) is 2. The zero-order valence-corrected chi connectivity index (χ0v) is 43.0. The van der Waals surface area contributed by atoms with Crippen molar-refractivity contribution in [3.05, 3.63) is 64.2 Å². The number of hydroxylamine groups is 2. The Morgan fingerprint density at radius 2 is 1.31 bits per heavy atom. The topological polar surface area (TPSA) is 314 Å². The van der Waals surface area contributed by atoms with Gasteiger partial charge < -0.3 is 58.3 Å². The molecular weight excluding hydrogens is 943 g/mol. The van der Waals surface area contributed by atoms with Crippen LogP contribution < -0.4 is 38.1 Å². The number of carboxylic acid groups (broad SMARTS) is 1. The van der Waals surface area contributed by atoms with Crippen molar-refractivity contribution in [2.24, 2.45) is 16.5 Å². The van der Waals surface area contributed by atoms with E-state index in [9.17, 15) is 48.8 Å². The number of nitrogens with one attached hydrogen (secondary N) is 5. The first-order valence-corrected chi connectivity index (χ1v) is 24.9. The number of nitrogens with zero attached hydrogens (tertiary/aromatic N) is 4. The van der Waals surface area contributed by atoms with Crippen LogP contribution in [0.25, 0.3) is 0 Å². The molecule has 2 aromatic rings. The number of thioether (sulfide) groups is 2. The van der Waals surface area contributed by atoms with Crippen molar-refractivity contribution in [2.75, 3.05) is 37.0 Å². The van der Waals surface area contributed by atoms with E-state index in [0.29, 0.717) is 35.5 Å². The minimum Gasteiger partial charge on any atom is -0.784 e. The van der Waals surface area contributed by atoms with E-state index >= 15 is 0 Å². The van der Waals surface area contributed by atoms with Crippen LogP contribution in [0.1, 0.15) is 104 Å². The predicted molar refractivity (Wildman–Crippen MR) is 269 cm³/mol. The quantitative estimate of drug-likeness (QED) is 0.0223. The van der Waals surface area contributed by atoms with E-state index in [0.717, 1.165) is 33.3 Å². The highest BCUT2D eigenvalue weighted by Gasteiger charge is 2.54. The number of carbonyl (C=O) groups is 7. The number of guanidine groups is 1. The number of rotatable bonds is 21. The van der Waals surface area contributed by atoms with Crippen molar-refractivity contribution < 1.29 is 43.4 Å². The van der Waals surface area contributed by atoms with Crippen molar-refractivity contribution in [2.45, 2.75) is 150 Å². The SMILES string of the molecule is CN(C(=O)c1ccccc1SCC(=O)NC1CC(C)(C)N([O-])C(C)(C)C1)C(CCCN=C(N)N)C(=O)NCC(=O)NC(C(=O)O)C(=O)Nc1ccccc1SCC(=O)NC1CC(C)(C)[N+](=O)C(C)(C)C1. The Morgan fingerprint density at radius 3 is 1.87 bits per heavy atom. The molecule has 0 radical (unpaired) electrons. The molecule has 2 unspecified atom stereocenters. The van der Waals surface area contributed by atoms with Crippen LogP contribution in [0.5, 0.6) is 0 Å². The second kappa shape index (κ2) is 23.9. The van der Waals surface area contributed by atoms with Crippen LogP contribution in [0.4, 0.5) is 5.69 Å². The molecule has 2 aliphatic heterocycles. The monoisotopic (exact) mass is 1010 g/mol. The van der Waals surface area contributed by atoms with Gasteiger partial charge in [0.25, 0.3) is 11.8 Å². The van der Waals surface area contributed by atoms with Gasteiger partial charge >= 0.3 is 5.97 Å². The molecule has 2 aromatic carbocycles. The van der Waals surface area contributed by atoms with Gasteiger partial charge in [-0.3, -0.25) is 33.8 Å². The van der Waals surface area contributed by atoms with Gasteiger partial charge in [-0.05, 0) is 77.6 Å². The molecule has 4 rings (SSSR count). The van der Waals surface area contributed by atoms with E-state index in [4.69, 9.17) is 11.5 Å². The number of aliphatic carboxylic acids is 1. The van der Waals surface area contributed by atoms with Crippen molar-refractivity contribution in [3.63, 3.8) is 0 Å². The summed E-state index contributed by atoms with van der Waals surface area (Å²) < 4.78 is 1.07. The fourth-order valence-electron chi connectivity index (χ4n) is 9.29. The third-order valence-electron chi connectivity index (χ3n) is 12.2. The highest BCUT2D eigenvalue weighted by atomic mass is 32.2. The smallest absolute Gasteiger partial charge is 0.336 e. The van der Waals surface area contributed by atoms with Gasteiger partial charge in [-0.15, -0.1) is 23.5 Å². The molecule has 23 heteroatoms. The molecule has 2 saturated heterocycles. The second-order valence-corrected chi connectivity index (χ2v) is 22.2. The third kappa shape index (κ3) is 15.6. The number of carboxylic acids is 1. The number of hydrogen-bond donors (Lipinski definition) is 8. The van der Waals surface area contributed by atoms with Gasteiger partial charge in [0.15, 0.2) is 5.96 Å². The Bertz CT molecular complexity index is 2280. The van der Waals surface area contributed by atoms with E-state index < -0.39 is 70.4 Å². The molecule has 0 saturated carbocycles. The van der Waals surface area contributed by atoms with Gasteiger partial charge in [-0.2, -0.15) is 0 Å². The number of nitroso groups, excluding NO2 is 1. The van der Waals surface area contributed by atoms with Crippen LogP contribution in [0, 0.1) is 10.1 Å². The van der Waals surface area contributed by atoms with E-state index in [1.54, 1.807) is 42.5 Å². The number of anilines is 1. The molecule has 70 heavy (non-hydrogen) atoms. The highest BCUT2D eigenvalue weighted by molar-refractivity contribution is 8.00. The summed E-state index contributed by atoms with van der Waals surface area (Å²) in [5, 5.41) is 37.0. The third-order valence-corrected chi connectivity index (χ3v) is 14.3. The minimum absolute atomic E-state index is 0.0352. The first kappa shape index (κ1) is 56.8. The lowest BCUT2D eigenvalue weighted by Crippen LogP contribution is -2.62. The number of carbonyl (C=O) groups excluding carboxylic acids is 6. The summed E-state index contributed by atoms with van der Waals surface area (Å²) in [6, 6.07) is 9.24. The largest absolute Gasteiger partial charge is 0.784 e. The maximum Gasteiger partial charge on any atom is 0.336 e. The van der Waals surface area contributed by atoms with E-state index in [1.807, 2.05) is 55.4 Å². The van der Waals surface area contributed by atoms with Crippen LogP contribution in [-0.2, 0) is 28.8 Å². The molecule has 0 bridgehead atoms. The first-order chi connectivity index (χ1) is 32.5. The van der Waals surface area contributed by atoms with Gasteiger partial charge in [0.05, 0.1) is 29.3 Å². The summed E-state index contributed by atoms with van der Waals surface area (Å²) >= 11 is 2.23. The molecule has 2 aliphatic rings. The van der Waals surface area contributed by atoms with Crippen molar-refractivity contribution in [1.82, 2.24) is 31.2 Å². The highest BCUT2D eigenvalue weighted by Crippen LogP contribution is 2.38. The lowest BCUT2D eigenvalue weighted by Gasteiger charge is -2.60. The molecule has 2 heterocycles. The lowest BCUT2D eigenvalue weighted by atomic mass is 9.79. The first-order valence-electron chi connectivity index (χ1n) is 23.0. The lowest BCUT2D eigenvalue weighted by molar-refractivity contribution is -0.693. The fourth-order valence-corrected chi connectivity index (χ4v) is 11.0. The molecule has 10 N–H and O–H groups in total. The van der Waals surface area contributed by atoms with E-state index in [1.165, 1.54) is 18.0 Å². The zero-order chi connectivity index (χ0) is 52.4. The normalized spacial score (nSPS) is 18.3. The van der Waals surface area contributed by atoms with E-state index in [2.05, 4.69) is 31.6 Å². The van der Waals surface area contributed by atoms with Gasteiger partial charge in [0, 0.05) is 96.7 Å². The van der Waals surface area contributed by atoms with Crippen molar-refractivity contribution >= 4 is 76.6 Å². The molecule has 6 amide bonds. The van der Waals surface area contributed by atoms with Crippen molar-refractivity contribution in [1.29, 1.82) is 0 Å². The number of hydrogen-bond acceptors (Lipinski definition) is 13. The molecule has 384 valence electrons. The van der Waals surface area contributed by atoms with Gasteiger partial charge in [0.1, 0.15) is 6.04 Å².